The predicted molar refractivity (Wildman–Crippen MR) is 130 cm³/mol. The number of carbonyl (C=O) groups excluding carboxylic acids is 1. The molecule has 174 valence electrons. The van der Waals surface area contributed by atoms with Crippen molar-refractivity contribution in [1.29, 1.82) is 0 Å². The number of hydrogen-bond donors (Lipinski definition) is 0. The van der Waals surface area contributed by atoms with E-state index in [9.17, 15) is 4.79 Å². The van der Waals surface area contributed by atoms with E-state index in [1.807, 2.05) is 67.9 Å². The van der Waals surface area contributed by atoms with Crippen LogP contribution in [-0.4, -0.2) is 48.6 Å². The highest BCUT2D eigenvalue weighted by atomic mass is 32.2. The molecule has 8 nitrogen and oxygen atoms in total. The van der Waals surface area contributed by atoms with Crippen LogP contribution in [0.15, 0.2) is 60.0 Å². The number of benzene rings is 1. The van der Waals surface area contributed by atoms with Crippen molar-refractivity contribution in [1.82, 2.24) is 24.3 Å². The van der Waals surface area contributed by atoms with E-state index in [4.69, 9.17) is 9.47 Å². The van der Waals surface area contributed by atoms with E-state index in [-0.39, 0.29) is 17.6 Å². The molecule has 34 heavy (non-hydrogen) atoms. The average molecular weight is 476 g/mol. The minimum Gasteiger partial charge on any atom is -0.486 e. The van der Waals surface area contributed by atoms with E-state index in [0.717, 1.165) is 39.8 Å². The fraction of sp³-hybridized carbons (Fsp3) is 0.280. The molecule has 4 heterocycles. The van der Waals surface area contributed by atoms with Gasteiger partial charge in [-0.05, 0) is 44.2 Å². The first-order valence-electron chi connectivity index (χ1n) is 11.0. The molecule has 0 aliphatic carbocycles. The van der Waals surface area contributed by atoms with Gasteiger partial charge in [0.05, 0.1) is 12.3 Å². The SMILES string of the molecule is Cc1cc(C(=O)CSc2nnc(-c3ccncc3)n2C)c(C)n1CC1COc2ccccc2O1. The number of pyridine rings is 1. The minimum absolute atomic E-state index is 0.0592. The van der Waals surface area contributed by atoms with Gasteiger partial charge in [-0.3, -0.25) is 9.78 Å². The first-order chi connectivity index (χ1) is 16.5. The number of ether oxygens (including phenoxy) is 2. The Morgan fingerprint density at radius 1 is 1.12 bits per heavy atom. The van der Waals surface area contributed by atoms with Crippen molar-refractivity contribution < 1.29 is 14.3 Å². The molecule has 5 rings (SSSR count). The second-order valence-electron chi connectivity index (χ2n) is 8.21. The molecule has 4 aromatic rings. The smallest absolute Gasteiger partial charge is 0.191 e. The maximum Gasteiger partial charge on any atom is 0.191 e. The quantitative estimate of drug-likeness (QED) is 0.294. The summed E-state index contributed by atoms with van der Waals surface area (Å²) in [6.45, 7) is 5.08. The van der Waals surface area contributed by atoms with E-state index < -0.39 is 0 Å². The Hall–Kier alpha value is -3.59. The van der Waals surface area contributed by atoms with Gasteiger partial charge in [-0.2, -0.15) is 0 Å². The number of nitrogens with zero attached hydrogens (tertiary/aromatic N) is 5. The Labute approximate surface area is 201 Å². The average Bonchev–Trinajstić information content (AvgIpc) is 3.37. The number of rotatable bonds is 7. The molecule has 9 heteroatoms. The summed E-state index contributed by atoms with van der Waals surface area (Å²) in [4.78, 5) is 17.1. The first kappa shape index (κ1) is 22.2. The Morgan fingerprint density at radius 3 is 2.68 bits per heavy atom. The molecule has 0 spiro atoms. The molecule has 3 aromatic heterocycles. The highest BCUT2D eigenvalue weighted by Gasteiger charge is 2.24. The van der Waals surface area contributed by atoms with Crippen LogP contribution < -0.4 is 9.47 Å². The second kappa shape index (κ2) is 9.34. The van der Waals surface area contributed by atoms with E-state index in [1.165, 1.54) is 11.8 Å². The molecule has 0 saturated carbocycles. The summed E-state index contributed by atoms with van der Waals surface area (Å²) in [6.07, 6.45) is 3.32. The predicted octanol–water partition coefficient (Wildman–Crippen LogP) is 4.11. The van der Waals surface area contributed by atoms with Gasteiger partial charge in [0.1, 0.15) is 6.61 Å². The monoisotopic (exact) mass is 475 g/mol. The lowest BCUT2D eigenvalue weighted by Crippen LogP contribution is -2.33. The largest absolute Gasteiger partial charge is 0.486 e. The van der Waals surface area contributed by atoms with Gasteiger partial charge < -0.3 is 18.6 Å². The number of thioether (sulfide) groups is 1. The van der Waals surface area contributed by atoms with Crippen LogP contribution in [0, 0.1) is 13.8 Å². The van der Waals surface area contributed by atoms with Gasteiger partial charge in [0.2, 0.25) is 0 Å². The van der Waals surface area contributed by atoms with Crippen LogP contribution in [-0.2, 0) is 13.6 Å². The summed E-state index contributed by atoms with van der Waals surface area (Å²) >= 11 is 1.39. The van der Waals surface area contributed by atoms with Gasteiger partial charge in [0.25, 0.3) is 0 Å². The number of aromatic nitrogens is 5. The molecular formula is C25H25N5O3S. The molecule has 0 N–H and O–H groups in total. The lowest BCUT2D eigenvalue weighted by atomic mass is 10.2. The van der Waals surface area contributed by atoms with Crippen LogP contribution >= 0.6 is 11.8 Å². The zero-order valence-electron chi connectivity index (χ0n) is 19.3. The summed E-state index contributed by atoms with van der Waals surface area (Å²) in [7, 11) is 1.90. The highest BCUT2D eigenvalue weighted by Crippen LogP contribution is 2.32. The number of hydrogen-bond acceptors (Lipinski definition) is 7. The molecule has 0 amide bonds. The third kappa shape index (κ3) is 4.31. The molecule has 1 aromatic carbocycles. The molecule has 1 unspecified atom stereocenters. The van der Waals surface area contributed by atoms with Crippen LogP contribution in [0.2, 0.25) is 0 Å². The molecule has 1 aliphatic heterocycles. The summed E-state index contributed by atoms with van der Waals surface area (Å²) in [5.74, 6) is 2.60. The zero-order valence-corrected chi connectivity index (χ0v) is 20.1. The van der Waals surface area contributed by atoms with E-state index in [0.29, 0.717) is 18.3 Å². The van der Waals surface area contributed by atoms with Crippen molar-refractivity contribution >= 4 is 17.5 Å². The Balaban J connectivity index is 1.26. The molecule has 0 radical (unpaired) electrons. The lowest BCUT2D eigenvalue weighted by Gasteiger charge is -2.27. The van der Waals surface area contributed by atoms with Gasteiger partial charge in [-0.25, -0.2) is 0 Å². The number of carbonyl (C=O) groups is 1. The van der Waals surface area contributed by atoms with E-state index >= 15 is 0 Å². The number of para-hydroxylation sites is 2. The van der Waals surface area contributed by atoms with Gasteiger partial charge in [0, 0.05) is 42.0 Å². The minimum atomic E-state index is -0.123. The Morgan fingerprint density at radius 2 is 1.88 bits per heavy atom. The third-order valence-corrected chi connectivity index (χ3v) is 6.95. The van der Waals surface area contributed by atoms with Crippen molar-refractivity contribution in [2.24, 2.45) is 7.05 Å². The fourth-order valence-electron chi connectivity index (χ4n) is 4.12. The Bertz CT molecular complexity index is 1330. The maximum atomic E-state index is 13.1. The maximum absolute atomic E-state index is 13.1. The summed E-state index contributed by atoms with van der Waals surface area (Å²) < 4.78 is 16.0. The summed E-state index contributed by atoms with van der Waals surface area (Å²) in [6, 6.07) is 13.4. The lowest BCUT2D eigenvalue weighted by molar-refractivity contribution is 0.0777. The van der Waals surface area contributed by atoms with Crippen LogP contribution in [0.25, 0.3) is 11.4 Å². The first-order valence-corrected chi connectivity index (χ1v) is 12.0. The molecule has 0 bridgehead atoms. The topological polar surface area (TPSA) is 84.1 Å². The fourth-order valence-corrected chi connectivity index (χ4v) is 4.92. The number of Topliss-reactive ketones (excluding diaryl/α,β-unsaturated/α-hetero) is 1. The number of fused-ring (bicyclic) bond motifs is 1. The van der Waals surface area contributed by atoms with E-state index in [1.54, 1.807) is 12.4 Å². The van der Waals surface area contributed by atoms with Crippen molar-refractivity contribution in [2.75, 3.05) is 12.4 Å². The van der Waals surface area contributed by atoms with Crippen LogP contribution in [0.3, 0.4) is 0 Å². The number of aryl methyl sites for hydroxylation is 1. The highest BCUT2D eigenvalue weighted by molar-refractivity contribution is 7.99. The van der Waals surface area contributed by atoms with Crippen molar-refractivity contribution in [3.05, 3.63) is 71.8 Å². The van der Waals surface area contributed by atoms with Crippen molar-refractivity contribution in [3.63, 3.8) is 0 Å². The van der Waals surface area contributed by atoms with Gasteiger partial charge in [-0.1, -0.05) is 23.9 Å². The normalized spacial score (nSPS) is 14.9. The van der Waals surface area contributed by atoms with Crippen LogP contribution in [0.1, 0.15) is 21.7 Å². The second-order valence-corrected chi connectivity index (χ2v) is 9.15. The van der Waals surface area contributed by atoms with Gasteiger partial charge in [0.15, 0.2) is 34.4 Å². The Kier molecular flexibility index (Phi) is 6.10. The molecule has 0 saturated heterocycles. The van der Waals surface area contributed by atoms with Crippen LogP contribution in [0.4, 0.5) is 0 Å². The van der Waals surface area contributed by atoms with Crippen LogP contribution in [0.5, 0.6) is 11.5 Å². The van der Waals surface area contributed by atoms with Crippen molar-refractivity contribution in [2.45, 2.75) is 31.7 Å². The third-order valence-electron chi connectivity index (χ3n) is 5.93. The van der Waals surface area contributed by atoms with E-state index in [2.05, 4.69) is 19.7 Å². The van der Waals surface area contributed by atoms with Gasteiger partial charge >= 0.3 is 0 Å². The summed E-state index contributed by atoms with van der Waals surface area (Å²) in [5.41, 5.74) is 3.61. The standard InChI is InChI=1S/C25H25N5O3S/c1-16-12-20(17(2)30(16)13-19-14-32-22-6-4-5-7-23(22)33-19)21(31)15-34-25-28-27-24(29(25)3)18-8-10-26-11-9-18/h4-12,19H,13-15H2,1-3H3. The summed E-state index contributed by atoms with van der Waals surface area (Å²) in [5, 5.41) is 9.24. The number of ketones is 1. The van der Waals surface area contributed by atoms with Gasteiger partial charge in [-0.15, -0.1) is 10.2 Å². The zero-order chi connectivity index (χ0) is 23.7. The van der Waals surface area contributed by atoms with Crippen molar-refractivity contribution in [3.8, 4) is 22.9 Å². The molecule has 1 aliphatic rings. The molecular weight excluding hydrogens is 450 g/mol. The molecule has 0 fully saturated rings. The molecule has 1 atom stereocenters.